The molecule has 67 heavy (non-hydrogen) atoms. The maximum absolute atomic E-state index is 7.08. The Hall–Kier alpha value is -1.85. The van der Waals surface area contributed by atoms with Gasteiger partial charge in [0.05, 0.1) is 22.4 Å². The molecule has 5 atom stereocenters. The summed E-state index contributed by atoms with van der Waals surface area (Å²) in [5.74, 6) is 3.36. The Labute approximate surface area is 414 Å². The molecule has 4 nitrogen and oxygen atoms in total. The Balaban J connectivity index is 1.65. The van der Waals surface area contributed by atoms with Crippen LogP contribution in [-0.4, -0.2) is 36.6 Å². The van der Waals surface area contributed by atoms with Crippen LogP contribution in [0, 0.1) is 29.6 Å². The lowest BCUT2D eigenvalue weighted by Gasteiger charge is -2.32. The Morgan fingerprint density at radius 3 is 1.16 bits per heavy atom. The minimum absolute atomic E-state index is 0.469. The number of hydrogen-bond acceptors (Lipinski definition) is 4. The van der Waals surface area contributed by atoms with Gasteiger partial charge in [0.15, 0.2) is 0 Å². The van der Waals surface area contributed by atoms with E-state index >= 15 is 0 Å². The van der Waals surface area contributed by atoms with Crippen LogP contribution in [0.25, 0.3) is 21.5 Å². The Morgan fingerprint density at radius 1 is 0.403 bits per heavy atom. The molecule has 5 rings (SSSR count). The van der Waals surface area contributed by atoms with E-state index in [1.54, 1.807) is 0 Å². The first kappa shape index (κ1) is 56.1. The highest BCUT2D eigenvalue weighted by molar-refractivity contribution is 6.73. The maximum Gasteiger partial charge on any atom is 0.496 e. The van der Waals surface area contributed by atoms with Gasteiger partial charge < -0.3 is 18.6 Å². The van der Waals surface area contributed by atoms with Crippen LogP contribution in [0.5, 0.6) is 0 Å². The maximum atomic E-state index is 7.08. The highest BCUT2D eigenvalue weighted by Crippen LogP contribution is 2.42. The molecule has 0 N–H and O–H groups in total. The average Bonchev–Trinajstić information content (AvgIpc) is 3.63. The molecule has 2 aliphatic rings. The summed E-state index contributed by atoms with van der Waals surface area (Å²) in [7, 11) is -1.01. The fourth-order valence-electron chi connectivity index (χ4n) is 11.8. The summed E-state index contributed by atoms with van der Waals surface area (Å²) in [6, 6.07) is 14.8. The molecule has 376 valence electrons. The van der Waals surface area contributed by atoms with Crippen LogP contribution in [0.3, 0.4) is 0 Å². The van der Waals surface area contributed by atoms with Crippen molar-refractivity contribution in [3.63, 3.8) is 0 Å². The molecule has 5 unspecified atom stereocenters. The first-order valence-corrected chi connectivity index (χ1v) is 28.6. The SMILES string of the molecule is CCCCCCCCC(C)C(Cc1ccc2c(B3OC(C)(C)C(C)(C)O3)c3cc(CC(C)C(CC)CCCCCCC)ccc3c(B3OC(C)(C)C(C)(C)O3)c2c1)C(CC)CCCCCCC. The molecule has 0 saturated carbocycles. The van der Waals surface area contributed by atoms with Crippen LogP contribution in [-0.2, 0) is 31.5 Å². The predicted molar refractivity (Wildman–Crippen MR) is 294 cm³/mol. The molecular weight excluding hydrogens is 818 g/mol. The van der Waals surface area contributed by atoms with Crippen molar-refractivity contribution in [3.05, 3.63) is 47.5 Å². The smallest absolute Gasteiger partial charge is 0.399 e. The molecule has 0 radical (unpaired) electrons. The second-order valence-corrected chi connectivity index (χ2v) is 24.1. The van der Waals surface area contributed by atoms with Crippen LogP contribution < -0.4 is 10.9 Å². The molecule has 0 spiro atoms. The third-order valence-electron chi connectivity index (χ3n) is 17.9. The molecular formula is C61H102B2O4. The van der Waals surface area contributed by atoms with Crippen LogP contribution in [0.2, 0.25) is 0 Å². The van der Waals surface area contributed by atoms with E-state index in [9.17, 15) is 0 Å². The van der Waals surface area contributed by atoms with Crippen molar-refractivity contribution in [3.8, 4) is 0 Å². The number of fused-ring (bicyclic) bond motifs is 2. The number of hydrogen-bond donors (Lipinski definition) is 0. The number of benzene rings is 3. The summed E-state index contributed by atoms with van der Waals surface area (Å²) in [6.45, 7) is 34.4. The van der Waals surface area contributed by atoms with E-state index in [1.807, 2.05) is 0 Å². The quantitative estimate of drug-likeness (QED) is 0.0379. The van der Waals surface area contributed by atoms with Crippen molar-refractivity contribution >= 4 is 46.7 Å². The Bertz CT molecular complexity index is 1920. The van der Waals surface area contributed by atoms with Gasteiger partial charge in [0.2, 0.25) is 0 Å². The standard InChI is InChI=1S/C61H102B2O4/c1-16-21-24-27-30-31-34-45(6)53(50(20-5)36-33-29-26-23-18-3)42-48-38-40-52-55(44-48)57(63-66-60(12,13)61(14,15)67-63)51-39-37-47(41-46(7)49(19-4)35-32-28-25-22-17-2)43-54(51)56(52)62-64-58(8,9)59(10,11)65-62/h37-40,43-46,49-50,53H,16-36,41-42H2,1-15H3. The van der Waals surface area contributed by atoms with Gasteiger partial charge in [0, 0.05) is 0 Å². The lowest BCUT2D eigenvalue weighted by Crippen LogP contribution is -2.41. The number of rotatable bonds is 30. The first-order chi connectivity index (χ1) is 31.8. The van der Waals surface area contributed by atoms with Crippen LogP contribution in [0.4, 0.5) is 0 Å². The van der Waals surface area contributed by atoms with Crippen molar-refractivity contribution in [2.75, 3.05) is 0 Å². The predicted octanol–water partition coefficient (Wildman–Crippen LogP) is 17.1. The molecule has 3 aromatic carbocycles. The van der Waals surface area contributed by atoms with Gasteiger partial charge in [-0.3, -0.25) is 0 Å². The first-order valence-electron chi connectivity index (χ1n) is 28.6. The van der Waals surface area contributed by atoms with E-state index in [4.69, 9.17) is 18.6 Å². The third-order valence-corrected chi connectivity index (χ3v) is 17.9. The van der Waals surface area contributed by atoms with E-state index in [0.29, 0.717) is 17.8 Å². The summed E-state index contributed by atoms with van der Waals surface area (Å²) < 4.78 is 28.3. The third kappa shape index (κ3) is 14.2. The van der Waals surface area contributed by atoms with Gasteiger partial charge in [0.1, 0.15) is 0 Å². The zero-order valence-electron chi connectivity index (χ0n) is 46.4. The zero-order valence-corrected chi connectivity index (χ0v) is 46.4. The lowest BCUT2D eigenvalue weighted by molar-refractivity contribution is 0.00578. The van der Waals surface area contributed by atoms with E-state index in [2.05, 4.69) is 140 Å². The van der Waals surface area contributed by atoms with Crippen LogP contribution in [0.1, 0.15) is 250 Å². The van der Waals surface area contributed by atoms with Crippen molar-refractivity contribution in [1.82, 2.24) is 0 Å². The summed E-state index contributed by atoms with van der Waals surface area (Å²) >= 11 is 0. The second kappa shape index (κ2) is 25.5. The van der Waals surface area contributed by atoms with Crippen molar-refractivity contribution in [2.24, 2.45) is 29.6 Å². The Kier molecular flexibility index (Phi) is 21.3. The molecule has 6 heteroatoms. The second-order valence-electron chi connectivity index (χ2n) is 24.1. The van der Waals surface area contributed by atoms with Crippen LogP contribution >= 0.6 is 0 Å². The molecule has 0 amide bonds. The average molecular weight is 921 g/mol. The molecule has 0 aromatic heterocycles. The van der Waals surface area contributed by atoms with E-state index in [-0.39, 0.29) is 0 Å². The van der Waals surface area contributed by atoms with Gasteiger partial charge in [-0.1, -0.05) is 220 Å². The molecule has 0 bridgehead atoms. The normalized spacial score (nSPS) is 19.9. The lowest BCUT2D eigenvalue weighted by atomic mass is 9.65. The topological polar surface area (TPSA) is 36.9 Å². The van der Waals surface area contributed by atoms with Gasteiger partial charge in [-0.2, -0.15) is 0 Å². The molecule has 3 aromatic rings. The molecule has 0 aliphatic carbocycles. The zero-order chi connectivity index (χ0) is 49.0. The number of unbranched alkanes of at least 4 members (excludes halogenated alkanes) is 13. The summed E-state index contributed by atoms with van der Waals surface area (Å²) in [4.78, 5) is 0. The van der Waals surface area contributed by atoms with E-state index in [1.165, 1.54) is 168 Å². The van der Waals surface area contributed by atoms with Crippen molar-refractivity contribution < 1.29 is 18.6 Å². The summed E-state index contributed by atoms with van der Waals surface area (Å²) in [5.41, 5.74) is 3.25. The van der Waals surface area contributed by atoms with Gasteiger partial charge in [-0.15, -0.1) is 0 Å². The molecule has 2 heterocycles. The van der Waals surface area contributed by atoms with Crippen molar-refractivity contribution in [2.45, 2.75) is 274 Å². The highest BCUT2D eigenvalue weighted by Gasteiger charge is 2.55. The minimum Gasteiger partial charge on any atom is -0.399 e. The largest absolute Gasteiger partial charge is 0.496 e. The highest BCUT2D eigenvalue weighted by atomic mass is 16.7. The Morgan fingerprint density at radius 2 is 0.761 bits per heavy atom. The molecule has 2 saturated heterocycles. The monoisotopic (exact) mass is 921 g/mol. The molecule has 2 fully saturated rings. The van der Waals surface area contributed by atoms with E-state index in [0.717, 1.165) is 35.6 Å². The van der Waals surface area contributed by atoms with Crippen LogP contribution in [0.15, 0.2) is 36.4 Å². The minimum atomic E-state index is -0.506. The summed E-state index contributed by atoms with van der Waals surface area (Å²) in [5, 5.41) is 4.82. The fourth-order valence-corrected chi connectivity index (χ4v) is 11.8. The van der Waals surface area contributed by atoms with Crippen molar-refractivity contribution in [1.29, 1.82) is 0 Å². The van der Waals surface area contributed by atoms with E-state index < -0.39 is 36.6 Å². The van der Waals surface area contributed by atoms with Gasteiger partial charge in [0.25, 0.3) is 0 Å². The molecule has 2 aliphatic heterocycles. The fraction of sp³-hybridized carbons (Fsp3) is 0.770. The van der Waals surface area contributed by atoms with Gasteiger partial charge in [-0.05, 0) is 141 Å². The van der Waals surface area contributed by atoms with Gasteiger partial charge >= 0.3 is 14.2 Å². The van der Waals surface area contributed by atoms with Gasteiger partial charge in [-0.25, -0.2) is 0 Å². The summed E-state index contributed by atoms with van der Waals surface area (Å²) in [6.07, 6.45) is 30.3.